The monoisotopic (exact) mass is 276 g/mol. The fourth-order valence-electron chi connectivity index (χ4n) is 2.38. The molecule has 112 valence electrons. The standard InChI is InChI=1S/C18H28O2/c1-4-5-6-7-8-9-10-11-17(19)16-13-12-15(2)18(14-16)20-3/h12-14H,4-11H2,1-3H3. The van der Waals surface area contributed by atoms with Crippen LogP contribution in [0.25, 0.3) is 0 Å². The summed E-state index contributed by atoms with van der Waals surface area (Å²) in [5, 5.41) is 0. The lowest BCUT2D eigenvalue weighted by atomic mass is 10.0. The molecule has 0 amide bonds. The number of ether oxygens (including phenoxy) is 1. The molecule has 0 bridgehead atoms. The van der Waals surface area contributed by atoms with E-state index in [1.165, 1.54) is 38.5 Å². The van der Waals surface area contributed by atoms with Crippen LogP contribution in [0, 0.1) is 6.92 Å². The van der Waals surface area contributed by atoms with E-state index in [4.69, 9.17) is 4.74 Å². The second kappa shape index (κ2) is 9.57. The van der Waals surface area contributed by atoms with Gasteiger partial charge in [-0.05, 0) is 25.0 Å². The zero-order chi connectivity index (χ0) is 14.8. The molecule has 0 heterocycles. The fourth-order valence-corrected chi connectivity index (χ4v) is 2.38. The van der Waals surface area contributed by atoms with E-state index < -0.39 is 0 Å². The van der Waals surface area contributed by atoms with Crippen LogP contribution >= 0.6 is 0 Å². The number of hydrogen-bond acceptors (Lipinski definition) is 2. The Morgan fingerprint density at radius 2 is 1.70 bits per heavy atom. The van der Waals surface area contributed by atoms with Crippen LogP contribution in [0.5, 0.6) is 5.75 Å². The molecule has 1 aromatic rings. The van der Waals surface area contributed by atoms with Gasteiger partial charge in [-0.3, -0.25) is 4.79 Å². The molecular formula is C18H28O2. The van der Waals surface area contributed by atoms with E-state index in [2.05, 4.69) is 6.92 Å². The Hall–Kier alpha value is -1.31. The minimum absolute atomic E-state index is 0.233. The Labute approximate surface area is 123 Å². The molecule has 0 N–H and O–H groups in total. The lowest BCUT2D eigenvalue weighted by molar-refractivity contribution is 0.0978. The number of methoxy groups -OCH3 is 1. The Bertz CT molecular complexity index is 410. The zero-order valence-electron chi connectivity index (χ0n) is 13.2. The minimum atomic E-state index is 0.233. The topological polar surface area (TPSA) is 26.3 Å². The van der Waals surface area contributed by atoms with E-state index in [1.807, 2.05) is 25.1 Å². The van der Waals surface area contributed by atoms with Crippen LogP contribution in [0.1, 0.15) is 74.2 Å². The number of aryl methyl sites for hydroxylation is 1. The summed E-state index contributed by atoms with van der Waals surface area (Å²) in [5.74, 6) is 1.03. The normalized spacial score (nSPS) is 10.6. The van der Waals surface area contributed by atoms with Gasteiger partial charge in [0.25, 0.3) is 0 Å². The molecule has 1 rings (SSSR count). The van der Waals surface area contributed by atoms with Crippen LogP contribution in [0.4, 0.5) is 0 Å². The third kappa shape index (κ3) is 5.77. The van der Waals surface area contributed by atoms with E-state index in [0.717, 1.165) is 23.3 Å². The summed E-state index contributed by atoms with van der Waals surface area (Å²) >= 11 is 0. The van der Waals surface area contributed by atoms with Crippen LogP contribution in [0.3, 0.4) is 0 Å². The van der Waals surface area contributed by atoms with E-state index in [9.17, 15) is 4.79 Å². The molecule has 0 atom stereocenters. The molecule has 0 radical (unpaired) electrons. The SMILES string of the molecule is CCCCCCCCCC(=O)c1ccc(C)c(OC)c1. The van der Waals surface area contributed by atoms with Crippen molar-refractivity contribution in [1.29, 1.82) is 0 Å². The molecule has 0 saturated heterocycles. The van der Waals surface area contributed by atoms with Crippen molar-refractivity contribution in [2.75, 3.05) is 7.11 Å². The molecular weight excluding hydrogens is 248 g/mol. The van der Waals surface area contributed by atoms with Gasteiger partial charge < -0.3 is 4.74 Å². The quantitative estimate of drug-likeness (QED) is 0.426. The molecule has 0 aliphatic carbocycles. The molecule has 1 aromatic carbocycles. The number of hydrogen-bond donors (Lipinski definition) is 0. The van der Waals surface area contributed by atoms with Crippen molar-refractivity contribution < 1.29 is 9.53 Å². The van der Waals surface area contributed by atoms with Gasteiger partial charge in [0.05, 0.1) is 7.11 Å². The van der Waals surface area contributed by atoms with Gasteiger partial charge in [0.1, 0.15) is 5.75 Å². The highest BCUT2D eigenvalue weighted by molar-refractivity contribution is 5.96. The van der Waals surface area contributed by atoms with Crippen LogP contribution in [0.2, 0.25) is 0 Å². The summed E-state index contributed by atoms with van der Waals surface area (Å²) in [6.45, 7) is 4.22. The molecule has 0 aliphatic rings. The van der Waals surface area contributed by atoms with Crippen molar-refractivity contribution in [3.05, 3.63) is 29.3 Å². The summed E-state index contributed by atoms with van der Waals surface area (Å²) in [6.07, 6.45) is 9.33. The molecule has 2 heteroatoms. The average molecular weight is 276 g/mol. The van der Waals surface area contributed by atoms with E-state index >= 15 is 0 Å². The van der Waals surface area contributed by atoms with Crippen molar-refractivity contribution in [3.63, 3.8) is 0 Å². The summed E-state index contributed by atoms with van der Waals surface area (Å²) in [5.41, 5.74) is 1.85. The maximum absolute atomic E-state index is 12.1. The van der Waals surface area contributed by atoms with Crippen molar-refractivity contribution >= 4 is 5.78 Å². The zero-order valence-corrected chi connectivity index (χ0v) is 13.2. The van der Waals surface area contributed by atoms with E-state index in [1.54, 1.807) is 7.11 Å². The lowest BCUT2D eigenvalue weighted by Crippen LogP contribution is -2.00. The number of carbonyl (C=O) groups excluding carboxylic acids is 1. The number of ketones is 1. The number of Topliss-reactive ketones (excluding diaryl/α,β-unsaturated/α-hetero) is 1. The van der Waals surface area contributed by atoms with Crippen LogP contribution < -0.4 is 4.74 Å². The first-order valence-corrected chi connectivity index (χ1v) is 7.87. The molecule has 20 heavy (non-hydrogen) atoms. The Morgan fingerprint density at radius 3 is 2.35 bits per heavy atom. The first kappa shape index (κ1) is 16.7. The van der Waals surface area contributed by atoms with E-state index in [0.29, 0.717) is 6.42 Å². The maximum atomic E-state index is 12.1. The second-order valence-electron chi connectivity index (χ2n) is 5.48. The number of rotatable bonds is 10. The van der Waals surface area contributed by atoms with Crippen molar-refractivity contribution in [2.45, 2.75) is 65.2 Å². The number of benzene rings is 1. The molecule has 0 fully saturated rings. The van der Waals surface area contributed by atoms with Crippen LogP contribution in [-0.2, 0) is 0 Å². The number of carbonyl (C=O) groups is 1. The molecule has 0 unspecified atom stereocenters. The van der Waals surface area contributed by atoms with Crippen LogP contribution in [-0.4, -0.2) is 12.9 Å². The summed E-state index contributed by atoms with van der Waals surface area (Å²) < 4.78 is 5.26. The number of unbranched alkanes of at least 4 members (excludes halogenated alkanes) is 6. The smallest absolute Gasteiger partial charge is 0.163 e. The molecule has 0 spiro atoms. The highest BCUT2D eigenvalue weighted by Crippen LogP contribution is 2.20. The summed E-state index contributed by atoms with van der Waals surface area (Å²) in [7, 11) is 1.65. The third-order valence-corrected chi connectivity index (χ3v) is 3.74. The van der Waals surface area contributed by atoms with E-state index in [-0.39, 0.29) is 5.78 Å². The summed E-state index contributed by atoms with van der Waals surface area (Å²) in [4.78, 5) is 12.1. The predicted octanol–water partition coefficient (Wildman–Crippen LogP) is 5.33. The highest BCUT2D eigenvalue weighted by atomic mass is 16.5. The van der Waals surface area contributed by atoms with Gasteiger partial charge in [0.2, 0.25) is 0 Å². The Kier molecular flexibility index (Phi) is 8.01. The van der Waals surface area contributed by atoms with Gasteiger partial charge in [-0.1, -0.05) is 57.6 Å². The highest BCUT2D eigenvalue weighted by Gasteiger charge is 2.08. The van der Waals surface area contributed by atoms with Gasteiger partial charge in [-0.2, -0.15) is 0 Å². The van der Waals surface area contributed by atoms with Gasteiger partial charge in [-0.25, -0.2) is 0 Å². The average Bonchev–Trinajstić information content (AvgIpc) is 2.46. The molecule has 0 aliphatic heterocycles. The third-order valence-electron chi connectivity index (χ3n) is 3.74. The first-order chi connectivity index (χ1) is 9.69. The molecule has 2 nitrogen and oxygen atoms in total. The van der Waals surface area contributed by atoms with Gasteiger partial charge in [0.15, 0.2) is 5.78 Å². The molecule has 0 saturated carbocycles. The van der Waals surface area contributed by atoms with Crippen molar-refractivity contribution in [2.24, 2.45) is 0 Å². The second-order valence-corrected chi connectivity index (χ2v) is 5.48. The maximum Gasteiger partial charge on any atom is 0.163 e. The van der Waals surface area contributed by atoms with Gasteiger partial charge >= 0.3 is 0 Å². The van der Waals surface area contributed by atoms with Gasteiger partial charge in [0, 0.05) is 12.0 Å². The fraction of sp³-hybridized carbons (Fsp3) is 0.611. The summed E-state index contributed by atoms with van der Waals surface area (Å²) in [6, 6.07) is 5.72. The van der Waals surface area contributed by atoms with Crippen LogP contribution in [0.15, 0.2) is 18.2 Å². The lowest BCUT2D eigenvalue weighted by Gasteiger charge is -2.07. The Morgan fingerprint density at radius 1 is 1.05 bits per heavy atom. The first-order valence-electron chi connectivity index (χ1n) is 7.87. The minimum Gasteiger partial charge on any atom is -0.496 e. The molecule has 0 aromatic heterocycles. The largest absolute Gasteiger partial charge is 0.496 e. The van der Waals surface area contributed by atoms with Crippen molar-refractivity contribution in [1.82, 2.24) is 0 Å². The Balaban J connectivity index is 2.29. The van der Waals surface area contributed by atoms with Gasteiger partial charge in [-0.15, -0.1) is 0 Å². The predicted molar refractivity (Wildman–Crippen MR) is 84.7 cm³/mol. The van der Waals surface area contributed by atoms with Crippen molar-refractivity contribution in [3.8, 4) is 5.75 Å².